The zero-order valence-electron chi connectivity index (χ0n) is 10.6. The second-order valence-corrected chi connectivity index (χ2v) is 5.99. The standard InChI is InChI=1S/C15H20N2S/c1-2-4-15-14(3-1)13(11-18-15)10-17-8-6-12-5-7-16-9-12/h1-4,11-12,16-17H,5-10H2. The first-order chi connectivity index (χ1) is 8.93. The minimum atomic E-state index is 0.886. The van der Waals surface area contributed by atoms with Crippen molar-refractivity contribution in [1.82, 2.24) is 10.6 Å². The molecule has 1 fully saturated rings. The smallest absolute Gasteiger partial charge is 0.0346 e. The minimum Gasteiger partial charge on any atom is -0.316 e. The molecule has 0 radical (unpaired) electrons. The summed E-state index contributed by atoms with van der Waals surface area (Å²) in [5.41, 5.74) is 1.44. The van der Waals surface area contributed by atoms with Crippen molar-refractivity contribution in [2.75, 3.05) is 19.6 Å². The Hall–Kier alpha value is -0.900. The van der Waals surface area contributed by atoms with Crippen molar-refractivity contribution in [1.29, 1.82) is 0 Å². The first-order valence-electron chi connectivity index (χ1n) is 6.80. The quantitative estimate of drug-likeness (QED) is 0.808. The predicted molar refractivity (Wildman–Crippen MR) is 79.1 cm³/mol. The van der Waals surface area contributed by atoms with Crippen molar-refractivity contribution >= 4 is 21.4 Å². The molecule has 3 heteroatoms. The van der Waals surface area contributed by atoms with E-state index in [1.165, 1.54) is 41.6 Å². The first-order valence-corrected chi connectivity index (χ1v) is 7.68. The molecular weight excluding hydrogens is 240 g/mol. The molecule has 0 bridgehead atoms. The van der Waals surface area contributed by atoms with E-state index in [0.29, 0.717) is 0 Å². The zero-order chi connectivity index (χ0) is 12.2. The third-order valence-electron chi connectivity index (χ3n) is 3.77. The van der Waals surface area contributed by atoms with Crippen molar-refractivity contribution in [3.8, 4) is 0 Å². The van der Waals surface area contributed by atoms with E-state index in [0.717, 1.165) is 19.0 Å². The maximum Gasteiger partial charge on any atom is 0.0346 e. The summed E-state index contributed by atoms with van der Waals surface area (Å²) in [4.78, 5) is 0. The summed E-state index contributed by atoms with van der Waals surface area (Å²) in [6.07, 6.45) is 2.65. The van der Waals surface area contributed by atoms with Gasteiger partial charge in [-0.3, -0.25) is 0 Å². The van der Waals surface area contributed by atoms with Gasteiger partial charge in [-0.25, -0.2) is 0 Å². The van der Waals surface area contributed by atoms with Gasteiger partial charge in [0.1, 0.15) is 0 Å². The van der Waals surface area contributed by atoms with E-state index in [9.17, 15) is 0 Å². The van der Waals surface area contributed by atoms with Crippen LogP contribution >= 0.6 is 11.3 Å². The fraction of sp³-hybridized carbons (Fsp3) is 0.467. The average Bonchev–Trinajstić information content (AvgIpc) is 3.04. The molecule has 2 nitrogen and oxygen atoms in total. The van der Waals surface area contributed by atoms with Crippen molar-refractivity contribution in [3.63, 3.8) is 0 Å². The Balaban J connectivity index is 1.50. The molecule has 1 saturated heterocycles. The summed E-state index contributed by atoms with van der Waals surface area (Å²) in [6.45, 7) is 4.56. The number of nitrogens with one attached hydrogen (secondary N) is 2. The van der Waals surface area contributed by atoms with Crippen LogP contribution in [-0.2, 0) is 6.54 Å². The number of thiophene rings is 1. The van der Waals surface area contributed by atoms with Crippen LogP contribution in [0.4, 0.5) is 0 Å². The summed E-state index contributed by atoms with van der Waals surface area (Å²) in [6, 6.07) is 8.67. The summed E-state index contributed by atoms with van der Waals surface area (Å²) < 4.78 is 1.40. The van der Waals surface area contributed by atoms with Crippen LogP contribution in [0.3, 0.4) is 0 Å². The predicted octanol–water partition coefficient (Wildman–Crippen LogP) is 2.99. The van der Waals surface area contributed by atoms with Gasteiger partial charge in [0.05, 0.1) is 0 Å². The molecule has 2 aromatic rings. The third kappa shape index (κ3) is 2.74. The van der Waals surface area contributed by atoms with Gasteiger partial charge in [0.25, 0.3) is 0 Å². The molecule has 1 aromatic heterocycles. The molecule has 0 amide bonds. The fourth-order valence-corrected chi connectivity index (χ4v) is 3.62. The normalized spacial score (nSPS) is 19.7. The first kappa shape index (κ1) is 12.2. The zero-order valence-corrected chi connectivity index (χ0v) is 11.4. The lowest BCUT2D eigenvalue weighted by molar-refractivity contribution is 0.500. The Labute approximate surface area is 112 Å². The van der Waals surface area contributed by atoms with Gasteiger partial charge in [-0.05, 0) is 60.8 Å². The molecule has 2 heterocycles. The summed E-state index contributed by atoms with van der Waals surface area (Å²) >= 11 is 1.85. The molecule has 0 aliphatic carbocycles. The lowest BCUT2D eigenvalue weighted by Gasteiger charge is -2.08. The third-order valence-corrected chi connectivity index (χ3v) is 4.78. The molecule has 0 spiro atoms. The van der Waals surface area contributed by atoms with Gasteiger partial charge in [-0.2, -0.15) is 0 Å². The van der Waals surface area contributed by atoms with Crippen LogP contribution in [0, 0.1) is 5.92 Å². The summed E-state index contributed by atoms with van der Waals surface area (Å²) in [7, 11) is 0. The van der Waals surface area contributed by atoms with Crippen molar-refractivity contribution < 1.29 is 0 Å². The van der Waals surface area contributed by atoms with E-state index in [2.05, 4.69) is 40.3 Å². The lowest BCUT2D eigenvalue weighted by Crippen LogP contribution is -2.18. The van der Waals surface area contributed by atoms with Crippen molar-refractivity contribution in [2.24, 2.45) is 5.92 Å². The highest BCUT2D eigenvalue weighted by atomic mass is 32.1. The SMILES string of the molecule is c1ccc2c(CNCCC3CCNC3)csc2c1. The van der Waals surface area contributed by atoms with Gasteiger partial charge >= 0.3 is 0 Å². The largest absolute Gasteiger partial charge is 0.316 e. The maximum absolute atomic E-state index is 3.59. The molecule has 2 N–H and O–H groups in total. The van der Waals surface area contributed by atoms with Gasteiger partial charge in [-0.15, -0.1) is 11.3 Å². The number of hydrogen-bond acceptors (Lipinski definition) is 3. The van der Waals surface area contributed by atoms with Gasteiger partial charge in [0.2, 0.25) is 0 Å². The Kier molecular flexibility index (Phi) is 3.93. The van der Waals surface area contributed by atoms with Crippen LogP contribution in [0.25, 0.3) is 10.1 Å². The summed E-state index contributed by atoms with van der Waals surface area (Å²) in [5, 5.41) is 10.7. The van der Waals surface area contributed by atoms with Crippen molar-refractivity contribution in [2.45, 2.75) is 19.4 Å². The van der Waals surface area contributed by atoms with Crippen LogP contribution in [0.1, 0.15) is 18.4 Å². The number of fused-ring (bicyclic) bond motifs is 1. The molecule has 1 aliphatic rings. The molecule has 1 aromatic carbocycles. The molecule has 1 atom stereocenters. The van der Waals surface area contributed by atoms with Crippen LogP contribution in [0.2, 0.25) is 0 Å². The Morgan fingerprint density at radius 3 is 3.17 bits per heavy atom. The second kappa shape index (κ2) is 5.83. The van der Waals surface area contributed by atoms with E-state index >= 15 is 0 Å². The van der Waals surface area contributed by atoms with E-state index in [1.807, 2.05) is 11.3 Å². The highest BCUT2D eigenvalue weighted by Gasteiger charge is 2.13. The van der Waals surface area contributed by atoms with Gasteiger partial charge in [0.15, 0.2) is 0 Å². The Bertz CT molecular complexity index is 500. The molecule has 3 rings (SSSR count). The monoisotopic (exact) mass is 260 g/mol. The number of hydrogen-bond donors (Lipinski definition) is 2. The van der Waals surface area contributed by atoms with Crippen LogP contribution in [0.5, 0.6) is 0 Å². The highest BCUT2D eigenvalue weighted by molar-refractivity contribution is 7.17. The Morgan fingerprint density at radius 1 is 1.33 bits per heavy atom. The topological polar surface area (TPSA) is 24.1 Å². The van der Waals surface area contributed by atoms with E-state index in [1.54, 1.807) is 0 Å². The maximum atomic E-state index is 3.59. The van der Waals surface area contributed by atoms with Crippen LogP contribution in [0.15, 0.2) is 29.6 Å². The molecule has 96 valence electrons. The fourth-order valence-electron chi connectivity index (χ4n) is 2.66. The average molecular weight is 260 g/mol. The lowest BCUT2D eigenvalue weighted by atomic mass is 10.1. The number of benzene rings is 1. The van der Waals surface area contributed by atoms with E-state index in [-0.39, 0.29) is 0 Å². The molecule has 1 aliphatic heterocycles. The van der Waals surface area contributed by atoms with Crippen LogP contribution in [-0.4, -0.2) is 19.6 Å². The van der Waals surface area contributed by atoms with Gasteiger partial charge < -0.3 is 10.6 Å². The molecule has 0 saturated carbocycles. The van der Waals surface area contributed by atoms with E-state index in [4.69, 9.17) is 0 Å². The van der Waals surface area contributed by atoms with Crippen molar-refractivity contribution in [3.05, 3.63) is 35.2 Å². The highest BCUT2D eigenvalue weighted by Crippen LogP contribution is 2.25. The molecule has 1 unspecified atom stereocenters. The second-order valence-electron chi connectivity index (χ2n) is 5.08. The van der Waals surface area contributed by atoms with E-state index < -0.39 is 0 Å². The summed E-state index contributed by atoms with van der Waals surface area (Å²) in [5.74, 6) is 0.886. The Morgan fingerprint density at radius 2 is 2.28 bits per heavy atom. The number of rotatable bonds is 5. The molecule has 18 heavy (non-hydrogen) atoms. The van der Waals surface area contributed by atoms with Crippen LogP contribution < -0.4 is 10.6 Å². The molecular formula is C15H20N2S. The van der Waals surface area contributed by atoms with Gasteiger partial charge in [-0.1, -0.05) is 18.2 Å². The van der Waals surface area contributed by atoms with Gasteiger partial charge in [0, 0.05) is 11.2 Å². The minimum absolute atomic E-state index is 0.886.